The average Bonchev–Trinajstić information content (AvgIpc) is 2.79. The molecular weight excluding hydrogens is 298 g/mol. The van der Waals surface area contributed by atoms with Crippen LogP contribution in [0.5, 0.6) is 0 Å². The van der Waals surface area contributed by atoms with Crippen molar-refractivity contribution in [1.82, 2.24) is 4.90 Å². The van der Waals surface area contributed by atoms with Crippen molar-refractivity contribution in [3.63, 3.8) is 0 Å². The van der Waals surface area contributed by atoms with Crippen molar-refractivity contribution in [2.24, 2.45) is 0 Å². The number of benzene rings is 1. The third kappa shape index (κ3) is 3.06. The molecule has 0 unspecified atom stereocenters. The van der Waals surface area contributed by atoms with E-state index in [1.54, 1.807) is 0 Å². The second kappa shape index (κ2) is 6.52. The van der Waals surface area contributed by atoms with Crippen LogP contribution in [0.3, 0.4) is 0 Å². The van der Waals surface area contributed by atoms with Gasteiger partial charge in [-0.1, -0.05) is 0 Å². The van der Waals surface area contributed by atoms with Crippen LogP contribution in [0.4, 0.5) is 14.5 Å². The largest absolute Gasteiger partial charge is 0.466 e. The topological polar surface area (TPSA) is 78.9 Å². The molecule has 2 rings (SSSR count). The Labute approximate surface area is 125 Å². The van der Waals surface area contributed by atoms with Crippen LogP contribution >= 0.6 is 0 Å². The fourth-order valence-electron chi connectivity index (χ4n) is 2.07. The lowest BCUT2D eigenvalue weighted by atomic mass is 10.2. The van der Waals surface area contributed by atoms with E-state index in [1.165, 1.54) is 4.90 Å². The number of aliphatic hydroxyl groups is 1. The molecular formula is C14H14F2N2O4. The Kier molecular flexibility index (Phi) is 4.71. The fraction of sp³-hybridized carbons (Fsp3) is 0.286. The third-order valence-electron chi connectivity index (χ3n) is 3.14. The zero-order valence-electron chi connectivity index (χ0n) is 11.7. The van der Waals surface area contributed by atoms with E-state index in [-0.39, 0.29) is 36.7 Å². The minimum absolute atomic E-state index is 0.0182. The Hall–Kier alpha value is -2.48. The van der Waals surface area contributed by atoms with Gasteiger partial charge >= 0.3 is 5.97 Å². The third-order valence-corrected chi connectivity index (χ3v) is 3.14. The number of methoxy groups -OCH3 is 1. The van der Waals surface area contributed by atoms with Gasteiger partial charge in [0.05, 0.1) is 31.5 Å². The highest BCUT2D eigenvalue weighted by atomic mass is 19.1. The Morgan fingerprint density at radius 1 is 1.45 bits per heavy atom. The number of esters is 1. The number of hydrogen-bond acceptors (Lipinski definition) is 5. The molecule has 2 N–H and O–H groups in total. The lowest BCUT2D eigenvalue weighted by molar-refractivity contribution is -0.136. The number of halogens is 2. The Bertz CT molecular complexity index is 646. The molecule has 0 spiro atoms. The van der Waals surface area contributed by atoms with Gasteiger partial charge in [0, 0.05) is 12.6 Å². The van der Waals surface area contributed by atoms with Gasteiger partial charge in [0.1, 0.15) is 17.3 Å². The van der Waals surface area contributed by atoms with E-state index in [1.807, 2.05) is 0 Å². The van der Waals surface area contributed by atoms with Crippen LogP contribution in [0.25, 0.3) is 0 Å². The molecule has 0 aromatic heterocycles. The second-order valence-electron chi connectivity index (χ2n) is 4.54. The minimum atomic E-state index is -0.898. The van der Waals surface area contributed by atoms with Crippen molar-refractivity contribution in [2.75, 3.05) is 32.1 Å². The van der Waals surface area contributed by atoms with Crippen LogP contribution in [0.15, 0.2) is 29.5 Å². The number of aliphatic hydroxyl groups excluding tert-OH is 1. The molecule has 118 valence electrons. The van der Waals surface area contributed by atoms with Crippen LogP contribution in [0.2, 0.25) is 0 Å². The number of nitrogens with zero attached hydrogens (tertiary/aromatic N) is 1. The number of hydrogen-bond donors (Lipinski definition) is 2. The molecule has 1 aromatic carbocycles. The van der Waals surface area contributed by atoms with E-state index in [2.05, 4.69) is 10.1 Å². The van der Waals surface area contributed by atoms with Crippen molar-refractivity contribution in [3.05, 3.63) is 41.1 Å². The van der Waals surface area contributed by atoms with E-state index >= 15 is 0 Å². The highest BCUT2D eigenvalue weighted by molar-refractivity contribution is 6.08. The summed E-state index contributed by atoms with van der Waals surface area (Å²) in [7, 11) is 1.16. The fourth-order valence-corrected chi connectivity index (χ4v) is 2.07. The van der Waals surface area contributed by atoms with Gasteiger partial charge in [-0.15, -0.1) is 0 Å². The first-order valence-electron chi connectivity index (χ1n) is 6.41. The number of β-amino-alcohol motifs (C(OH)–C–C–N with tert-alkyl or cyclic N) is 1. The molecule has 1 amide bonds. The molecule has 0 fully saturated rings. The number of amides is 1. The molecule has 0 bridgehead atoms. The summed E-state index contributed by atoms with van der Waals surface area (Å²) in [5.41, 5.74) is -0.271. The first kappa shape index (κ1) is 15.9. The van der Waals surface area contributed by atoms with Crippen LogP contribution in [0, 0.1) is 11.6 Å². The number of rotatable bonds is 5. The summed E-state index contributed by atoms with van der Waals surface area (Å²) in [4.78, 5) is 25.2. The number of nitrogens with one attached hydrogen (secondary N) is 1. The minimum Gasteiger partial charge on any atom is -0.466 e. The standard InChI is InChI=1S/C14H14F2N2O4/c1-22-14(21)9-7-18(4-5-19)13(20)12(9)17-11-3-2-8(15)6-10(11)16/h2-3,6,17,19H,4-5,7H2,1H3. The van der Waals surface area contributed by atoms with Gasteiger partial charge in [-0.25, -0.2) is 13.6 Å². The van der Waals surface area contributed by atoms with E-state index in [0.29, 0.717) is 6.07 Å². The molecule has 6 nitrogen and oxygen atoms in total. The molecule has 1 heterocycles. The lowest BCUT2D eigenvalue weighted by Gasteiger charge is -2.15. The predicted octanol–water partition coefficient (Wildman–Crippen LogP) is 0.638. The van der Waals surface area contributed by atoms with E-state index in [4.69, 9.17) is 5.11 Å². The Morgan fingerprint density at radius 2 is 2.18 bits per heavy atom. The van der Waals surface area contributed by atoms with E-state index in [9.17, 15) is 18.4 Å². The SMILES string of the molecule is COC(=O)C1=C(Nc2ccc(F)cc2F)C(=O)N(CCO)C1. The highest BCUT2D eigenvalue weighted by Gasteiger charge is 2.34. The molecule has 1 aliphatic heterocycles. The summed E-state index contributed by atoms with van der Waals surface area (Å²) in [6, 6.07) is 2.80. The van der Waals surface area contributed by atoms with E-state index < -0.39 is 23.5 Å². The monoisotopic (exact) mass is 312 g/mol. The summed E-state index contributed by atoms with van der Waals surface area (Å²) < 4.78 is 31.2. The Morgan fingerprint density at radius 3 is 2.77 bits per heavy atom. The molecule has 0 aliphatic carbocycles. The number of carbonyl (C=O) groups excluding carboxylic acids is 2. The molecule has 0 atom stereocenters. The smallest absolute Gasteiger partial charge is 0.337 e. The quantitative estimate of drug-likeness (QED) is 0.780. The number of ether oxygens (including phenoxy) is 1. The Balaban J connectivity index is 2.34. The van der Waals surface area contributed by atoms with Gasteiger partial charge in [0.25, 0.3) is 5.91 Å². The lowest BCUT2D eigenvalue weighted by Crippen LogP contribution is -2.31. The van der Waals surface area contributed by atoms with Crippen molar-refractivity contribution < 1.29 is 28.2 Å². The maximum absolute atomic E-state index is 13.7. The van der Waals surface area contributed by atoms with Crippen molar-refractivity contribution in [3.8, 4) is 0 Å². The molecule has 0 saturated heterocycles. The van der Waals surface area contributed by atoms with Gasteiger partial charge in [0.15, 0.2) is 0 Å². The van der Waals surface area contributed by atoms with Crippen LogP contribution in [0.1, 0.15) is 0 Å². The van der Waals surface area contributed by atoms with Crippen LogP contribution in [-0.4, -0.2) is 48.7 Å². The van der Waals surface area contributed by atoms with Crippen LogP contribution < -0.4 is 5.32 Å². The summed E-state index contributed by atoms with van der Waals surface area (Å²) in [6.45, 7) is -0.313. The summed E-state index contributed by atoms with van der Waals surface area (Å²) in [5, 5.41) is 11.4. The number of anilines is 1. The highest BCUT2D eigenvalue weighted by Crippen LogP contribution is 2.24. The summed E-state index contributed by atoms with van der Waals surface area (Å²) >= 11 is 0. The molecule has 8 heteroatoms. The molecule has 1 aliphatic rings. The summed E-state index contributed by atoms with van der Waals surface area (Å²) in [6.07, 6.45) is 0. The normalized spacial score (nSPS) is 14.5. The molecule has 22 heavy (non-hydrogen) atoms. The van der Waals surface area contributed by atoms with E-state index in [0.717, 1.165) is 19.2 Å². The van der Waals surface area contributed by atoms with Gasteiger partial charge in [0.2, 0.25) is 0 Å². The zero-order chi connectivity index (χ0) is 16.3. The zero-order valence-corrected chi connectivity index (χ0v) is 11.7. The molecule has 0 saturated carbocycles. The first-order valence-corrected chi connectivity index (χ1v) is 6.41. The average molecular weight is 312 g/mol. The van der Waals surface area contributed by atoms with Crippen LogP contribution in [-0.2, 0) is 14.3 Å². The van der Waals surface area contributed by atoms with Gasteiger partial charge in [-0.2, -0.15) is 0 Å². The van der Waals surface area contributed by atoms with Crippen molar-refractivity contribution >= 4 is 17.6 Å². The van der Waals surface area contributed by atoms with Gasteiger partial charge < -0.3 is 20.1 Å². The molecule has 0 radical (unpaired) electrons. The first-order chi connectivity index (χ1) is 10.5. The number of carbonyl (C=O) groups is 2. The predicted molar refractivity (Wildman–Crippen MR) is 72.7 cm³/mol. The van der Waals surface area contributed by atoms with Crippen molar-refractivity contribution in [1.29, 1.82) is 0 Å². The second-order valence-corrected chi connectivity index (χ2v) is 4.54. The van der Waals surface area contributed by atoms with Crippen molar-refractivity contribution in [2.45, 2.75) is 0 Å². The maximum atomic E-state index is 13.7. The summed E-state index contributed by atoms with van der Waals surface area (Å²) in [5.74, 6) is -2.97. The van der Waals surface area contributed by atoms with Gasteiger partial charge in [-0.3, -0.25) is 4.79 Å². The van der Waals surface area contributed by atoms with Gasteiger partial charge in [-0.05, 0) is 12.1 Å². The maximum Gasteiger partial charge on any atom is 0.337 e. The molecule has 1 aromatic rings.